The molecule has 1 fully saturated rings. The predicted molar refractivity (Wildman–Crippen MR) is 111 cm³/mol. The van der Waals surface area contributed by atoms with E-state index in [4.69, 9.17) is 0 Å². The monoisotopic (exact) mass is 356 g/mol. The van der Waals surface area contributed by atoms with Crippen LogP contribution in [0.25, 0.3) is 0 Å². The summed E-state index contributed by atoms with van der Waals surface area (Å²) in [7, 11) is 0. The number of hydrogen-bond donors (Lipinski definition) is 1. The van der Waals surface area contributed by atoms with Gasteiger partial charge in [-0.2, -0.15) is 0 Å². The van der Waals surface area contributed by atoms with Gasteiger partial charge in [-0.25, -0.2) is 0 Å². The minimum absolute atomic E-state index is 0.239. The van der Waals surface area contributed by atoms with Crippen molar-refractivity contribution in [1.82, 2.24) is 0 Å². The summed E-state index contributed by atoms with van der Waals surface area (Å²) in [6.07, 6.45) is 5.29. The number of hydrogen-bond acceptors (Lipinski definition) is 2. The van der Waals surface area contributed by atoms with Crippen molar-refractivity contribution in [2.24, 2.45) is 0 Å². The molecule has 3 aromatic carbocycles. The molecular weight excluding hydrogens is 332 g/mol. The second-order valence-electron chi connectivity index (χ2n) is 7.12. The molecule has 0 bridgehead atoms. The van der Waals surface area contributed by atoms with Gasteiger partial charge < -0.3 is 10.2 Å². The molecule has 3 heteroatoms. The Hall–Kier alpha value is -3.07. The minimum atomic E-state index is -0.239. The molecule has 0 radical (unpaired) electrons. The van der Waals surface area contributed by atoms with Gasteiger partial charge in [0.2, 0.25) is 6.41 Å². The predicted octanol–water partition coefficient (Wildman–Crippen LogP) is 5.86. The molecule has 3 aromatic rings. The van der Waals surface area contributed by atoms with Crippen molar-refractivity contribution in [2.75, 3.05) is 10.2 Å². The van der Waals surface area contributed by atoms with Crippen LogP contribution in [0.1, 0.15) is 31.2 Å². The fourth-order valence-corrected chi connectivity index (χ4v) is 4.18. The van der Waals surface area contributed by atoms with E-state index in [1.807, 2.05) is 65.6 Å². The number of rotatable bonds is 6. The molecule has 0 unspecified atom stereocenters. The number of amides is 1. The molecule has 1 amide bonds. The summed E-state index contributed by atoms with van der Waals surface area (Å²) >= 11 is 0. The fraction of sp³-hybridized carbons (Fsp3) is 0.208. The summed E-state index contributed by atoms with van der Waals surface area (Å²) < 4.78 is 0. The van der Waals surface area contributed by atoms with Crippen LogP contribution in [-0.2, 0) is 10.3 Å². The largest absolute Gasteiger partial charge is 0.356 e. The third-order valence-electron chi connectivity index (χ3n) is 5.52. The van der Waals surface area contributed by atoms with Crippen molar-refractivity contribution in [1.29, 1.82) is 0 Å². The molecule has 0 saturated heterocycles. The van der Waals surface area contributed by atoms with E-state index >= 15 is 0 Å². The summed E-state index contributed by atoms with van der Waals surface area (Å²) in [5, 5.41) is 3.39. The van der Waals surface area contributed by atoms with E-state index in [1.54, 1.807) is 0 Å². The van der Waals surface area contributed by atoms with E-state index in [2.05, 4.69) is 29.6 Å². The van der Waals surface area contributed by atoms with Gasteiger partial charge in [0.1, 0.15) is 0 Å². The molecule has 1 N–H and O–H groups in total. The Bertz CT molecular complexity index is 869. The highest BCUT2D eigenvalue weighted by Gasteiger charge is 2.41. The first kappa shape index (κ1) is 17.3. The van der Waals surface area contributed by atoms with Crippen molar-refractivity contribution in [2.45, 2.75) is 31.2 Å². The zero-order valence-electron chi connectivity index (χ0n) is 15.3. The Morgan fingerprint density at radius 2 is 1.30 bits per heavy atom. The van der Waals surface area contributed by atoms with Crippen LogP contribution < -0.4 is 10.2 Å². The number of para-hydroxylation sites is 1. The van der Waals surface area contributed by atoms with Gasteiger partial charge in [-0.3, -0.25) is 4.79 Å². The standard InChI is InChI=1S/C24H24N2O/c27-19-26(24(17-7-8-18-24)20-9-3-1-4-10-20)23-15-13-22(14-16-23)25-21-11-5-2-6-12-21/h1-6,9-16,19,25H,7-8,17-18H2. The SMILES string of the molecule is O=CN(c1ccc(Nc2ccccc2)cc1)C1(c2ccccc2)CCCC1. The molecule has 0 aromatic heterocycles. The maximum atomic E-state index is 12.2. The zero-order valence-corrected chi connectivity index (χ0v) is 15.3. The van der Waals surface area contributed by atoms with Crippen molar-refractivity contribution in [3.63, 3.8) is 0 Å². The Balaban J connectivity index is 1.63. The lowest BCUT2D eigenvalue weighted by molar-refractivity contribution is -0.108. The second-order valence-corrected chi connectivity index (χ2v) is 7.12. The number of nitrogens with one attached hydrogen (secondary N) is 1. The lowest BCUT2D eigenvalue weighted by atomic mass is 9.86. The van der Waals surface area contributed by atoms with Crippen LogP contribution in [0.2, 0.25) is 0 Å². The van der Waals surface area contributed by atoms with Gasteiger partial charge in [0.15, 0.2) is 0 Å². The molecular formula is C24H24N2O. The van der Waals surface area contributed by atoms with E-state index in [0.717, 1.165) is 49.2 Å². The van der Waals surface area contributed by atoms with E-state index in [1.165, 1.54) is 5.56 Å². The molecule has 0 aliphatic heterocycles. The van der Waals surface area contributed by atoms with Gasteiger partial charge in [0.05, 0.1) is 5.54 Å². The van der Waals surface area contributed by atoms with Crippen LogP contribution in [-0.4, -0.2) is 6.41 Å². The smallest absolute Gasteiger partial charge is 0.214 e. The van der Waals surface area contributed by atoms with Gasteiger partial charge in [0.25, 0.3) is 0 Å². The average Bonchev–Trinajstić information content (AvgIpc) is 3.22. The van der Waals surface area contributed by atoms with Gasteiger partial charge in [-0.1, -0.05) is 61.4 Å². The van der Waals surface area contributed by atoms with Gasteiger partial charge >= 0.3 is 0 Å². The quantitative estimate of drug-likeness (QED) is 0.561. The first-order valence-electron chi connectivity index (χ1n) is 9.54. The third kappa shape index (κ3) is 3.45. The molecule has 1 aliphatic carbocycles. The molecule has 0 atom stereocenters. The summed E-state index contributed by atoms with van der Waals surface area (Å²) in [4.78, 5) is 14.1. The van der Waals surface area contributed by atoms with E-state index in [0.29, 0.717) is 0 Å². The number of carbonyl (C=O) groups is 1. The maximum Gasteiger partial charge on any atom is 0.214 e. The molecule has 3 nitrogen and oxygen atoms in total. The van der Waals surface area contributed by atoms with Crippen molar-refractivity contribution in [3.05, 3.63) is 90.5 Å². The molecule has 27 heavy (non-hydrogen) atoms. The number of carbonyl (C=O) groups excluding carboxylic acids is 1. The lowest BCUT2D eigenvalue weighted by Crippen LogP contribution is -2.43. The van der Waals surface area contributed by atoms with Crippen molar-refractivity contribution in [3.8, 4) is 0 Å². The first-order chi connectivity index (χ1) is 13.3. The maximum absolute atomic E-state index is 12.2. The number of anilines is 3. The van der Waals surface area contributed by atoms with E-state index in [9.17, 15) is 4.79 Å². The molecule has 0 heterocycles. The van der Waals surface area contributed by atoms with Crippen molar-refractivity contribution < 1.29 is 4.79 Å². The topological polar surface area (TPSA) is 32.3 Å². The normalized spacial score (nSPS) is 15.3. The minimum Gasteiger partial charge on any atom is -0.356 e. The highest BCUT2D eigenvalue weighted by Crippen LogP contribution is 2.45. The Labute approximate surface area is 160 Å². The van der Waals surface area contributed by atoms with Crippen LogP contribution in [0, 0.1) is 0 Å². The van der Waals surface area contributed by atoms with Crippen LogP contribution in [0.5, 0.6) is 0 Å². The van der Waals surface area contributed by atoms with Crippen molar-refractivity contribution >= 4 is 23.5 Å². The Kier molecular flexibility index (Phi) is 4.93. The summed E-state index contributed by atoms with van der Waals surface area (Å²) in [5.41, 5.74) is 3.98. The molecule has 1 saturated carbocycles. The lowest BCUT2D eigenvalue weighted by Gasteiger charge is -2.39. The molecule has 0 spiro atoms. The van der Waals surface area contributed by atoms with Crippen LogP contribution in [0.15, 0.2) is 84.9 Å². The van der Waals surface area contributed by atoms with Crippen LogP contribution in [0.3, 0.4) is 0 Å². The summed E-state index contributed by atoms with van der Waals surface area (Å²) in [5.74, 6) is 0. The van der Waals surface area contributed by atoms with Gasteiger partial charge in [0, 0.05) is 17.1 Å². The Morgan fingerprint density at radius 1 is 0.741 bits per heavy atom. The Morgan fingerprint density at radius 3 is 1.89 bits per heavy atom. The highest BCUT2D eigenvalue weighted by atomic mass is 16.1. The van der Waals surface area contributed by atoms with Gasteiger partial charge in [-0.15, -0.1) is 0 Å². The fourth-order valence-electron chi connectivity index (χ4n) is 4.18. The molecule has 4 rings (SSSR count). The van der Waals surface area contributed by atoms with Crippen LogP contribution >= 0.6 is 0 Å². The van der Waals surface area contributed by atoms with Crippen LogP contribution in [0.4, 0.5) is 17.1 Å². The average molecular weight is 356 g/mol. The van der Waals surface area contributed by atoms with E-state index < -0.39 is 0 Å². The molecule has 1 aliphatic rings. The molecule has 136 valence electrons. The van der Waals surface area contributed by atoms with E-state index in [-0.39, 0.29) is 5.54 Å². The highest BCUT2D eigenvalue weighted by molar-refractivity contribution is 5.79. The summed E-state index contributed by atoms with van der Waals surface area (Å²) in [6, 6.07) is 28.7. The third-order valence-corrected chi connectivity index (χ3v) is 5.52. The number of nitrogens with zero attached hydrogens (tertiary/aromatic N) is 1. The second kappa shape index (κ2) is 7.67. The zero-order chi connectivity index (χ0) is 18.5. The first-order valence-corrected chi connectivity index (χ1v) is 9.54. The van der Waals surface area contributed by atoms with Gasteiger partial charge in [-0.05, 0) is 54.8 Å². The summed E-state index contributed by atoms with van der Waals surface area (Å²) in [6.45, 7) is 0. The number of benzene rings is 3.